The topological polar surface area (TPSA) is 66.4 Å². The summed E-state index contributed by atoms with van der Waals surface area (Å²) in [6.45, 7) is 8.03. The lowest BCUT2D eigenvalue weighted by molar-refractivity contribution is 0.0636. The molecule has 0 bridgehead atoms. The van der Waals surface area contributed by atoms with Crippen molar-refractivity contribution in [2.75, 3.05) is 6.54 Å². The fraction of sp³-hybridized carbons (Fsp3) is 0.571. The first kappa shape index (κ1) is 16.1. The second kappa shape index (κ2) is 6.03. The van der Waals surface area contributed by atoms with Gasteiger partial charge >= 0.3 is 0 Å². The van der Waals surface area contributed by atoms with E-state index in [9.17, 15) is 13.5 Å². The van der Waals surface area contributed by atoms with Crippen LogP contribution in [0.5, 0.6) is 0 Å². The van der Waals surface area contributed by atoms with Crippen LogP contribution in [0.3, 0.4) is 0 Å². The molecule has 108 valence electrons. The average molecular weight is 285 g/mol. The Morgan fingerprint density at radius 3 is 2.16 bits per heavy atom. The molecule has 5 heteroatoms. The average Bonchev–Trinajstić information content (AvgIpc) is 2.28. The van der Waals surface area contributed by atoms with Crippen molar-refractivity contribution in [3.63, 3.8) is 0 Å². The predicted octanol–water partition coefficient (Wildman–Crippen LogP) is 1.93. The third kappa shape index (κ3) is 4.60. The summed E-state index contributed by atoms with van der Waals surface area (Å²) in [6, 6.07) is 6.64. The van der Waals surface area contributed by atoms with Crippen LogP contribution in [0.1, 0.15) is 33.3 Å². The summed E-state index contributed by atoms with van der Waals surface area (Å²) in [7, 11) is -3.40. The van der Waals surface area contributed by atoms with Crippen LogP contribution in [0.15, 0.2) is 29.2 Å². The Kier molecular flexibility index (Phi) is 5.12. The molecule has 1 aromatic rings. The molecule has 1 aromatic carbocycles. The van der Waals surface area contributed by atoms with Gasteiger partial charge in [-0.25, -0.2) is 13.1 Å². The summed E-state index contributed by atoms with van der Waals surface area (Å²) < 4.78 is 26.0. The molecule has 0 saturated carbocycles. The van der Waals surface area contributed by atoms with Gasteiger partial charge in [0, 0.05) is 6.54 Å². The summed E-state index contributed by atoms with van der Waals surface area (Å²) in [6.07, 6.45) is 0.0640. The molecule has 0 saturated heterocycles. The summed E-state index contributed by atoms with van der Waals surface area (Å²) in [4.78, 5) is 0.253. The molecule has 1 unspecified atom stereocenters. The van der Waals surface area contributed by atoms with Gasteiger partial charge in [-0.3, -0.25) is 0 Å². The van der Waals surface area contributed by atoms with Gasteiger partial charge in [-0.05, 0) is 29.5 Å². The van der Waals surface area contributed by atoms with Gasteiger partial charge in [-0.15, -0.1) is 0 Å². The van der Waals surface area contributed by atoms with E-state index in [1.165, 1.54) is 0 Å². The van der Waals surface area contributed by atoms with Crippen molar-refractivity contribution in [1.29, 1.82) is 0 Å². The Morgan fingerprint density at radius 2 is 1.74 bits per heavy atom. The number of aliphatic hydroxyl groups is 1. The Balaban J connectivity index is 2.83. The monoisotopic (exact) mass is 285 g/mol. The van der Waals surface area contributed by atoms with Crippen LogP contribution in [-0.2, 0) is 16.4 Å². The molecule has 0 aromatic heterocycles. The number of benzene rings is 1. The van der Waals surface area contributed by atoms with E-state index in [1.54, 1.807) is 31.2 Å². The van der Waals surface area contributed by atoms with Gasteiger partial charge in [0.05, 0.1) is 11.0 Å². The van der Waals surface area contributed by atoms with Crippen LogP contribution < -0.4 is 4.72 Å². The summed E-state index contributed by atoms with van der Waals surface area (Å²) in [5, 5.41) is 10.0. The lowest BCUT2D eigenvalue weighted by Crippen LogP contribution is -2.28. The lowest BCUT2D eigenvalue weighted by Gasteiger charge is -2.25. The minimum atomic E-state index is -3.40. The van der Waals surface area contributed by atoms with Crippen molar-refractivity contribution in [2.45, 2.75) is 45.1 Å². The maximum atomic E-state index is 11.8. The van der Waals surface area contributed by atoms with Crippen molar-refractivity contribution in [3.05, 3.63) is 29.8 Å². The van der Waals surface area contributed by atoms with Crippen molar-refractivity contribution in [1.82, 2.24) is 4.72 Å². The zero-order chi connectivity index (χ0) is 14.7. The Bertz CT molecular complexity index is 500. The Labute approximate surface area is 115 Å². The SMILES string of the molecule is CCNS(=O)(=O)c1ccc(CC(O)C(C)(C)C)cc1. The molecule has 2 N–H and O–H groups in total. The number of sulfonamides is 1. The molecule has 4 nitrogen and oxygen atoms in total. The van der Waals surface area contributed by atoms with Gasteiger partial charge in [-0.1, -0.05) is 39.8 Å². The predicted molar refractivity (Wildman–Crippen MR) is 76.5 cm³/mol. The largest absolute Gasteiger partial charge is 0.392 e. The lowest BCUT2D eigenvalue weighted by atomic mass is 9.85. The van der Waals surface area contributed by atoms with Gasteiger partial charge in [0.25, 0.3) is 0 Å². The number of rotatable bonds is 5. The standard InChI is InChI=1S/C14H23NO3S/c1-5-15-19(17,18)12-8-6-11(7-9-12)10-13(16)14(2,3)4/h6-9,13,15-16H,5,10H2,1-4H3. The normalized spacial score (nSPS) is 14.4. The highest BCUT2D eigenvalue weighted by atomic mass is 32.2. The van der Waals surface area contributed by atoms with Gasteiger partial charge in [0.2, 0.25) is 10.0 Å². The summed E-state index contributed by atoms with van der Waals surface area (Å²) >= 11 is 0. The summed E-state index contributed by atoms with van der Waals surface area (Å²) in [5.41, 5.74) is 0.743. The first-order chi connectivity index (χ1) is 8.66. The van der Waals surface area contributed by atoms with Gasteiger partial charge in [0.15, 0.2) is 0 Å². The van der Waals surface area contributed by atoms with E-state index in [0.717, 1.165) is 5.56 Å². The van der Waals surface area contributed by atoms with Crippen LogP contribution in [0.4, 0.5) is 0 Å². The second-order valence-electron chi connectivity index (χ2n) is 5.73. The van der Waals surface area contributed by atoms with Crippen molar-refractivity contribution in [3.8, 4) is 0 Å². The molecule has 0 radical (unpaired) electrons. The van der Waals surface area contributed by atoms with E-state index in [4.69, 9.17) is 0 Å². The molecule has 19 heavy (non-hydrogen) atoms. The molecule has 1 atom stereocenters. The quantitative estimate of drug-likeness (QED) is 0.869. The highest BCUT2D eigenvalue weighted by Crippen LogP contribution is 2.22. The molecule has 0 fully saturated rings. The molecule has 0 amide bonds. The third-order valence-corrected chi connectivity index (χ3v) is 4.56. The van der Waals surface area contributed by atoms with E-state index in [2.05, 4.69) is 4.72 Å². The first-order valence-corrected chi connectivity index (χ1v) is 7.92. The van der Waals surface area contributed by atoms with Crippen molar-refractivity contribution < 1.29 is 13.5 Å². The van der Waals surface area contributed by atoms with Crippen LogP contribution in [0, 0.1) is 5.41 Å². The van der Waals surface area contributed by atoms with E-state index in [0.29, 0.717) is 13.0 Å². The smallest absolute Gasteiger partial charge is 0.240 e. The minimum absolute atomic E-state index is 0.186. The number of hydrogen-bond donors (Lipinski definition) is 2. The Morgan fingerprint density at radius 1 is 1.21 bits per heavy atom. The Hall–Kier alpha value is -0.910. The van der Waals surface area contributed by atoms with Crippen LogP contribution in [-0.4, -0.2) is 26.2 Å². The minimum Gasteiger partial charge on any atom is -0.392 e. The fourth-order valence-corrected chi connectivity index (χ4v) is 2.65. The zero-order valence-corrected chi connectivity index (χ0v) is 12.8. The van der Waals surface area contributed by atoms with Crippen LogP contribution >= 0.6 is 0 Å². The van der Waals surface area contributed by atoms with Crippen LogP contribution in [0.2, 0.25) is 0 Å². The van der Waals surface area contributed by atoms with Crippen molar-refractivity contribution >= 4 is 10.0 Å². The molecular weight excluding hydrogens is 262 g/mol. The molecule has 0 aliphatic rings. The zero-order valence-electron chi connectivity index (χ0n) is 12.0. The molecule has 0 heterocycles. The molecule has 1 rings (SSSR count). The van der Waals surface area contributed by atoms with E-state index in [-0.39, 0.29) is 10.3 Å². The number of hydrogen-bond acceptors (Lipinski definition) is 3. The molecular formula is C14H23NO3S. The van der Waals surface area contributed by atoms with Crippen LogP contribution in [0.25, 0.3) is 0 Å². The molecule has 0 aliphatic heterocycles. The second-order valence-corrected chi connectivity index (χ2v) is 7.50. The number of nitrogens with one attached hydrogen (secondary N) is 1. The molecule has 0 aliphatic carbocycles. The van der Waals surface area contributed by atoms with Gasteiger partial charge in [0.1, 0.15) is 0 Å². The first-order valence-electron chi connectivity index (χ1n) is 6.43. The summed E-state index contributed by atoms with van der Waals surface area (Å²) in [5.74, 6) is 0. The van der Waals surface area contributed by atoms with Crippen molar-refractivity contribution in [2.24, 2.45) is 5.41 Å². The number of aliphatic hydroxyl groups excluding tert-OH is 1. The maximum absolute atomic E-state index is 11.8. The van der Waals surface area contributed by atoms with E-state index < -0.39 is 16.1 Å². The van der Waals surface area contributed by atoms with Gasteiger partial charge in [-0.2, -0.15) is 0 Å². The third-order valence-electron chi connectivity index (χ3n) is 3.00. The fourth-order valence-electron chi connectivity index (χ4n) is 1.61. The van der Waals surface area contributed by atoms with E-state index in [1.807, 2.05) is 20.8 Å². The maximum Gasteiger partial charge on any atom is 0.240 e. The van der Waals surface area contributed by atoms with E-state index >= 15 is 0 Å². The highest BCUT2D eigenvalue weighted by molar-refractivity contribution is 7.89. The molecule has 0 spiro atoms. The highest BCUT2D eigenvalue weighted by Gasteiger charge is 2.22. The van der Waals surface area contributed by atoms with Gasteiger partial charge < -0.3 is 5.11 Å².